The van der Waals surface area contributed by atoms with Crippen molar-refractivity contribution in [2.24, 2.45) is 0 Å². The van der Waals surface area contributed by atoms with Crippen molar-refractivity contribution in [2.75, 3.05) is 11.9 Å². The summed E-state index contributed by atoms with van der Waals surface area (Å²) in [7, 11) is 0. The molecule has 2 aromatic carbocycles. The molecule has 0 radical (unpaired) electrons. The van der Waals surface area contributed by atoms with Crippen molar-refractivity contribution in [3.05, 3.63) is 64.7 Å². The molecule has 0 spiro atoms. The van der Waals surface area contributed by atoms with Crippen LogP contribution in [0.15, 0.2) is 42.5 Å². The fourth-order valence-electron chi connectivity index (χ4n) is 2.92. The zero-order valence-electron chi connectivity index (χ0n) is 13.2. The van der Waals surface area contributed by atoms with E-state index in [-0.39, 0.29) is 18.6 Å². The molecule has 1 atom stereocenters. The predicted octanol–water partition coefficient (Wildman–Crippen LogP) is 3.13. The van der Waals surface area contributed by atoms with Crippen molar-refractivity contribution in [3.8, 4) is 0 Å². The summed E-state index contributed by atoms with van der Waals surface area (Å²) in [5, 5.41) is 12.2. The maximum Gasteiger partial charge on any atom is 0.227 e. The molecule has 4 heteroatoms. The average Bonchev–Trinajstić information content (AvgIpc) is 2.57. The minimum absolute atomic E-state index is 0.0394. The molecule has 0 saturated carbocycles. The molecule has 120 valence electrons. The lowest BCUT2D eigenvalue weighted by molar-refractivity contribution is -0.119. The second kappa shape index (κ2) is 6.94. The van der Waals surface area contributed by atoms with E-state index < -0.39 is 0 Å². The summed E-state index contributed by atoms with van der Waals surface area (Å²) in [6, 6.07) is 13.7. The third kappa shape index (κ3) is 3.60. The van der Waals surface area contributed by atoms with E-state index in [2.05, 4.69) is 11.4 Å². The van der Waals surface area contributed by atoms with Gasteiger partial charge in [-0.1, -0.05) is 36.4 Å². The van der Waals surface area contributed by atoms with Gasteiger partial charge in [0, 0.05) is 5.69 Å². The van der Waals surface area contributed by atoms with E-state index >= 15 is 0 Å². The minimum Gasteiger partial charge on any atom is -0.392 e. The lowest BCUT2D eigenvalue weighted by Crippen LogP contribution is -2.22. The van der Waals surface area contributed by atoms with E-state index in [0.717, 1.165) is 28.8 Å². The summed E-state index contributed by atoms with van der Waals surface area (Å²) in [6.07, 6.45) is 0.993. The fourth-order valence-corrected chi connectivity index (χ4v) is 2.92. The summed E-state index contributed by atoms with van der Waals surface area (Å²) in [4.78, 5) is 12.4. The molecule has 1 aliphatic heterocycles. The molecule has 2 aromatic rings. The third-order valence-corrected chi connectivity index (χ3v) is 4.22. The van der Waals surface area contributed by atoms with Crippen LogP contribution in [0.2, 0.25) is 0 Å². The first-order valence-corrected chi connectivity index (χ1v) is 7.87. The maximum absolute atomic E-state index is 12.4. The molecule has 0 bridgehead atoms. The molecule has 2 N–H and O–H groups in total. The standard InChI is InChI=1S/C19H21NO3/c1-13-6-7-14(12-21)10-17(13)20-19(22)11-18-16-5-3-2-4-15(16)8-9-23-18/h2-7,10,18,21H,8-9,11-12H2,1H3,(H,20,22). The van der Waals surface area contributed by atoms with Crippen molar-refractivity contribution < 1.29 is 14.6 Å². The van der Waals surface area contributed by atoms with Crippen molar-refractivity contribution in [3.63, 3.8) is 0 Å². The number of benzene rings is 2. The van der Waals surface area contributed by atoms with Crippen LogP contribution in [0.4, 0.5) is 5.69 Å². The number of fused-ring (bicyclic) bond motifs is 1. The van der Waals surface area contributed by atoms with Crippen LogP contribution in [0.3, 0.4) is 0 Å². The number of rotatable bonds is 4. The molecule has 0 aliphatic carbocycles. The SMILES string of the molecule is Cc1ccc(CO)cc1NC(=O)CC1OCCc2ccccc21. The Balaban J connectivity index is 1.71. The van der Waals surface area contributed by atoms with Gasteiger partial charge >= 0.3 is 0 Å². The molecule has 4 nitrogen and oxygen atoms in total. The third-order valence-electron chi connectivity index (χ3n) is 4.22. The first-order chi connectivity index (χ1) is 11.2. The Hall–Kier alpha value is -2.17. The monoisotopic (exact) mass is 311 g/mol. The summed E-state index contributed by atoms with van der Waals surface area (Å²) in [5.74, 6) is -0.0788. The number of aliphatic hydroxyl groups excluding tert-OH is 1. The Labute approximate surface area is 136 Å². The maximum atomic E-state index is 12.4. The van der Waals surface area contributed by atoms with Gasteiger partial charge < -0.3 is 15.2 Å². The predicted molar refractivity (Wildman–Crippen MR) is 89.2 cm³/mol. The van der Waals surface area contributed by atoms with Gasteiger partial charge in [0.15, 0.2) is 0 Å². The van der Waals surface area contributed by atoms with Gasteiger partial charge in [0.1, 0.15) is 0 Å². The second-order valence-electron chi connectivity index (χ2n) is 5.87. The molecule has 0 aromatic heterocycles. The van der Waals surface area contributed by atoms with Crippen LogP contribution in [0.1, 0.15) is 34.8 Å². The highest BCUT2D eigenvalue weighted by molar-refractivity contribution is 5.92. The van der Waals surface area contributed by atoms with Crippen LogP contribution in [-0.2, 0) is 22.6 Å². The Bertz CT molecular complexity index is 712. The number of nitrogens with one attached hydrogen (secondary N) is 1. The van der Waals surface area contributed by atoms with Gasteiger partial charge in [-0.2, -0.15) is 0 Å². The lowest BCUT2D eigenvalue weighted by Gasteiger charge is -2.25. The van der Waals surface area contributed by atoms with E-state index in [9.17, 15) is 9.90 Å². The van der Waals surface area contributed by atoms with Crippen LogP contribution < -0.4 is 5.32 Å². The fraction of sp³-hybridized carbons (Fsp3) is 0.316. The van der Waals surface area contributed by atoms with Gasteiger partial charge in [0.2, 0.25) is 5.91 Å². The van der Waals surface area contributed by atoms with Crippen molar-refractivity contribution in [1.29, 1.82) is 0 Å². The number of amides is 1. The lowest BCUT2D eigenvalue weighted by atomic mass is 9.95. The zero-order chi connectivity index (χ0) is 16.2. The van der Waals surface area contributed by atoms with E-state index in [1.807, 2.05) is 43.3 Å². The van der Waals surface area contributed by atoms with E-state index in [1.54, 1.807) is 0 Å². The molecule has 0 fully saturated rings. The van der Waals surface area contributed by atoms with Gasteiger partial charge in [-0.05, 0) is 41.7 Å². The number of hydrogen-bond acceptors (Lipinski definition) is 3. The highest BCUT2D eigenvalue weighted by atomic mass is 16.5. The van der Waals surface area contributed by atoms with Crippen LogP contribution in [0.25, 0.3) is 0 Å². The second-order valence-corrected chi connectivity index (χ2v) is 5.87. The Morgan fingerprint density at radius 1 is 1.30 bits per heavy atom. The van der Waals surface area contributed by atoms with E-state index in [4.69, 9.17) is 4.74 Å². The van der Waals surface area contributed by atoms with Gasteiger partial charge in [-0.25, -0.2) is 0 Å². The number of aryl methyl sites for hydroxylation is 1. The first-order valence-electron chi connectivity index (χ1n) is 7.87. The quantitative estimate of drug-likeness (QED) is 0.912. The van der Waals surface area contributed by atoms with Crippen LogP contribution in [-0.4, -0.2) is 17.6 Å². The summed E-state index contributed by atoms with van der Waals surface area (Å²) in [6.45, 7) is 2.54. The van der Waals surface area contributed by atoms with Crippen molar-refractivity contribution >= 4 is 11.6 Å². The molecular formula is C19H21NO3. The van der Waals surface area contributed by atoms with Crippen molar-refractivity contribution in [1.82, 2.24) is 0 Å². The van der Waals surface area contributed by atoms with Gasteiger partial charge in [-0.3, -0.25) is 4.79 Å². The van der Waals surface area contributed by atoms with Crippen LogP contribution in [0.5, 0.6) is 0 Å². The summed E-state index contributed by atoms with van der Waals surface area (Å²) >= 11 is 0. The largest absolute Gasteiger partial charge is 0.392 e. The highest BCUT2D eigenvalue weighted by Crippen LogP contribution is 2.30. The van der Waals surface area contributed by atoms with E-state index in [1.165, 1.54) is 5.56 Å². The molecular weight excluding hydrogens is 290 g/mol. The number of carbonyl (C=O) groups excluding carboxylic acids is 1. The summed E-state index contributed by atoms with van der Waals surface area (Å²) < 4.78 is 5.79. The number of anilines is 1. The van der Waals surface area contributed by atoms with Crippen molar-refractivity contribution in [2.45, 2.75) is 32.5 Å². The van der Waals surface area contributed by atoms with Crippen LogP contribution in [0, 0.1) is 6.92 Å². The van der Waals surface area contributed by atoms with Crippen LogP contribution >= 0.6 is 0 Å². The van der Waals surface area contributed by atoms with E-state index in [0.29, 0.717) is 13.0 Å². The molecule has 3 rings (SSSR count). The smallest absolute Gasteiger partial charge is 0.227 e. The number of carbonyl (C=O) groups is 1. The molecule has 1 unspecified atom stereocenters. The van der Waals surface area contributed by atoms with Gasteiger partial charge in [-0.15, -0.1) is 0 Å². The number of aliphatic hydroxyl groups is 1. The highest BCUT2D eigenvalue weighted by Gasteiger charge is 2.23. The van der Waals surface area contributed by atoms with Gasteiger partial charge in [0.05, 0.1) is 25.7 Å². The average molecular weight is 311 g/mol. The van der Waals surface area contributed by atoms with Gasteiger partial charge in [0.25, 0.3) is 0 Å². The molecule has 0 saturated heterocycles. The Morgan fingerprint density at radius 2 is 2.13 bits per heavy atom. The Morgan fingerprint density at radius 3 is 2.96 bits per heavy atom. The Kier molecular flexibility index (Phi) is 4.74. The molecule has 1 aliphatic rings. The molecule has 1 heterocycles. The zero-order valence-corrected chi connectivity index (χ0v) is 13.2. The normalized spacial score (nSPS) is 16.7. The molecule has 1 amide bonds. The minimum atomic E-state index is -0.193. The molecule has 23 heavy (non-hydrogen) atoms. The number of hydrogen-bond donors (Lipinski definition) is 2. The topological polar surface area (TPSA) is 58.6 Å². The summed E-state index contributed by atoms with van der Waals surface area (Å²) in [5.41, 5.74) is 4.86. The number of ether oxygens (including phenoxy) is 1. The first kappa shape index (κ1) is 15.7.